The van der Waals surface area contributed by atoms with Gasteiger partial charge in [-0.05, 0) is 59.9 Å². The highest BCUT2D eigenvalue weighted by Gasteiger charge is 2.26. The molecule has 6 heteroatoms. The average molecular weight is 380 g/mol. The van der Waals surface area contributed by atoms with Gasteiger partial charge in [0.05, 0.1) is 0 Å². The molecule has 5 nitrogen and oxygen atoms in total. The number of ketones is 1. The predicted octanol–water partition coefficient (Wildman–Crippen LogP) is 4.64. The van der Waals surface area contributed by atoms with Gasteiger partial charge >= 0.3 is 7.60 Å². The zero-order valence-electron chi connectivity index (χ0n) is 16.3. The molecule has 2 rings (SSSR count). The smallest absolute Gasteiger partial charge is 0.337 e. The first kappa shape index (κ1) is 20.9. The second-order valence-electron chi connectivity index (χ2n) is 7.71. The molecule has 26 heavy (non-hydrogen) atoms. The maximum absolute atomic E-state index is 12.2. The molecule has 0 radical (unpaired) electrons. The molecule has 0 aromatic heterocycles. The second-order valence-corrected chi connectivity index (χ2v) is 9.98. The van der Waals surface area contributed by atoms with Crippen molar-refractivity contribution in [2.75, 3.05) is 20.4 Å². The number of rotatable bonds is 6. The molecule has 144 valence electrons. The van der Waals surface area contributed by atoms with E-state index in [-0.39, 0.29) is 17.4 Å². The summed E-state index contributed by atoms with van der Waals surface area (Å²) in [5, 5.41) is 10.7. The largest absolute Gasteiger partial charge is 0.507 e. The minimum Gasteiger partial charge on any atom is -0.507 e. The molecule has 0 aliphatic heterocycles. The molecule has 1 aliphatic rings. The Hall–Kier alpha value is -1.42. The summed E-state index contributed by atoms with van der Waals surface area (Å²) in [4.78, 5) is 12.2. The highest BCUT2D eigenvalue weighted by Crippen LogP contribution is 2.46. The highest BCUT2D eigenvalue weighted by molar-refractivity contribution is 7.54. The van der Waals surface area contributed by atoms with Crippen molar-refractivity contribution in [2.45, 2.75) is 51.9 Å². The number of fused-ring (bicyclic) bond motifs is 1. The highest BCUT2D eigenvalue weighted by atomic mass is 31.2. The van der Waals surface area contributed by atoms with Crippen molar-refractivity contribution in [3.63, 3.8) is 0 Å². The van der Waals surface area contributed by atoms with Crippen LogP contribution in [-0.2, 0) is 36.7 Å². The number of phenols is 1. The van der Waals surface area contributed by atoms with E-state index in [1.807, 2.05) is 6.07 Å². The van der Waals surface area contributed by atoms with Gasteiger partial charge in [0, 0.05) is 19.8 Å². The summed E-state index contributed by atoms with van der Waals surface area (Å²) in [7, 11) is -0.824. The van der Waals surface area contributed by atoms with E-state index in [9.17, 15) is 14.5 Å². The third-order valence-corrected chi connectivity index (χ3v) is 6.63. The van der Waals surface area contributed by atoms with Crippen LogP contribution in [0, 0.1) is 0 Å². The number of benzene rings is 1. The van der Waals surface area contributed by atoms with Crippen LogP contribution in [0.1, 0.15) is 55.9 Å². The lowest BCUT2D eigenvalue weighted by molar-refractivity contribution is -0.112. The van der Waals surface area contributed by atoms with Gasteiger partial charge in [-0.3, -0.25) is 9.36 Å². The number of carbonyl (C=O) groups is 1. The summed E-state index contributed by atoms with van der Waals surface area (Å²) in [6.07, 6.45) is 6.76. The summed E-state index contributed by atoms with van der Waals surface area (Å²) in [6, 6.07) is 1.97. The van der Waals surface area contributed by atoms with Gasteiger partial charge in [0.2, 0.25) is 0 Å². The van der Waals surface area contributed by atoms with Gasteiger partial charge < -0.3 is 14.2 Å². The minimum atomic E-state index is -3.37. The summed E-state index contributed by atoms with van der Waals surface area (Å²) in [5.74, 6) is 0.0749. The van der Waals surface area contributed by atoms with E-state index >= 15 is 0 Å². The molecule has 0 heterocycles. The van der Waals surface area contributed by atoms with Crippen LogP contribution in [-0.4, -0.2) is 31.3 Å². The van der Waals surface area contributed by atoms with E-state index in [2.05, 4.69) is 20.8 Å². The van der Waals surface area contributed by atoms with Crippen LogP contribution in [0.15, 0.2) is 12.1 Å². The van der Waals surface area contributed by atoms with E-state index in [4.69, 9.17) is 9.05 Å². The third kappa shape index (κ3) is 4.64. The van der Waals surface area contributed by atoms with E-state index < -0.39 is 7.60 Å². The summed E-state index contributed by atoms with van der Waals surface area (Å²) >= 11 is 0. The molecule has 0 fully saturated rings. The van der Waals surface area contributed by atoms with Crippen molar-refractivity contribution >= 4 is 19.5 Å². The fourth-order valence-corrected chi connectivity index (χ4v) is 4.20. The SMILES string of the molecule is COP(=O)(CC(=O)C=Cc1cc(C(C)(C)C)c(O)c2c1CCCC2)OC. The number of aromatic hydroxyl groups is 1. The molecule has 0 bridgehead atoms. The Labute approximate surface area is 155 Å². The van der Waals surface area contributed by atoms with Crippen molar-refractivity contribution < 1.29 is 23.5 Å². The van der Waals surface area contributed by atoms with Crippen molar-refractivity contribution in [1.29, 1.82) is 0 Å². The molecule has 0 saturated heterocycles. The predicted molar refractivity (Wildman–Crippen MR) is 104 cm³/mol. The lowest BCUT2D eigenvalue weighted by Crippen LogP contribution is -2.15. The number of hydrogen-bond acceptors (Lipinski definition) is 5. The Kier molecular flexibility index (Phi) is 6.49. The maximum Gasteiger partial charge on any atom is 0.337 e. The van der Waals surface area contributed by atoms with Crippen LogP contribution in [0.2, 0.25) is 0 Å². The molecule has 0 atom stereocenters. The molecule has 0 spiro atoms. The third-order valence-electron chi connectivity index (χ3n) is 4.82. The Morgan fingerprint density at radius 2 is 1.77 bits per heavy atom. The fourth-order valence-electron chi connectivity index (χ4n) is 3.31. The summed E-state index contributed by atoms with van der Waals surface area (Å²) in [6.45, 7) is 6.18. The maximum atomic E-state index is 12.2. The first-order valence-corrected chi connectivity index (χ1v) is 10.6. The summed E-state index contributed by atoms with van der Waals surface area (Å²) in [5.41, 5.74) is 3.72. The van der Waals surface area contributed by atoms with Crippen molar-refractivity contribution in [2.24, 2.45) is 0 Å². The van der Waals surface area contributed by atoms with Crippen LogP contribution in [0.4, 0.5) is 0 Å². The molecular weight excluding hydrogens is 351 g/mol. The molecule has 0 amide bonds. The van der Waals surface area contributed by atoms with Crippen LogP contribution < -0.4 is 0 Å². The Morgan fingerprint density at radius 3 is 2.31 bits per heavy atom. The number of hydrogen-bond donors (Lipinski definition) is 1. The molecule has 1 N–H and O–H groups in total. The van der Waals surface area contributed by atoms with Gasteiger partial charge in [-0.15, -0.1) is 0 Å². The monoisotopic (exact) mass is 380 g/mol. The minimum absolute atomic E-state index is 0.203. The van der Waals surface area contributed by atoms with E-state index in [1.54, 1.807) is 6.08 Å². The van der Waals surface area contributed by atoms with Crippen LogP contribution in [0.5, 0.6) is 5.75 Å². The standard InChI is InChI=1S/C20H29O5P/c1-20(2,3)18-12-14(16-8-6-7-9-17(16)19(18)22)10-11-15(21)13-26(23,24-4)25-5/h10-12,22H,6-9,13H2,1-5H3. The van der Waals surface area contributed by atoms with Gasteiger partial charge in [-0.25, -0.2) is 0 Å². The molecule has 0 unspecified atom stereocenters. The fraction of sp³-hybridized carbons (Fsp3) is 0.550. The van der Waals surface area contributed by atoms with Crippen LogP contribution in [0.25, 0.3) is 6.08 Å². The molecule has 1 aliphatic carbocycles. The van der Waals surface area contributed by atoms with Crippen LogP contribution in [0.3, 0.4) is 0 Å². The zero-order chi connectivity index (χ0) is 19.5. The van der Waals surface area contributed by atoms with Gasteiger partial charge in [0.1, 0.15) is 11.9 Å². The first-order valence-electron chi connectivity index (χ1n) is 8.91. The molecular formula is C20H29O5P. The topological polar surface area (TPSA) is 72.8 Å². The van der Waals surface area contributed by atoms with Gasteiger partial charge in [-0.1, -0.05) is 26.8 Å². The Bertz CT molecular complexity index is 750. The lowest BCUT2D eigenvalue weighted by Gasteiger charge is -2.27. The van der Waals surface area contributed by atoms with Gasteiger partial charge in [0.25, 0.3) is 0 Å². The van der Waals surface area contributed by atoms with Crippen LogP contribution >= 0.6 is 7.60 Å². The molecule has 1 aromatic carbocycles. The lowest BCUT2D eigenvalue weighted by atomic mass is 9.79. The number of allylic oxidation sites excluding steroid dienone is 1. The molecule has 0 saturated carbocycles. The number of carbonyl (C=O) groups excluding carboxylic acids is 1. The average Bonchev–Trinajstić information content (AvgIpc) is 2.60. The second kappa shape index (κ2) is 8.08. The first-order chi connectivity index (χ1) is 12.1. The van der Waals surface area contributed by atoms with Crippen molar-refractivity contribution in [3.8, 4) is 5.75 Å². The van der Waals surface area contributed by atoms with E-state index in [0.717, 1.165) is 47.9 Å². The number of phenolic OH excluding ortho intramolecular Hbond substituents is 1. The zero-order valence-corrected chi connectivity index (χ0v) is 17.2. The van der Waals surface area contributed by atoms with Crippen molar-refractivity contribution in [3.05, 3.63) is 34.4 Å². The van der Waals surface area contributed by atoms with E-state index in [0.29, 0.717) is 5.75 Å². The Balaban J connectivity index is 2.40. The Morgan fingerprint density at radius 1 is 1.19 bits per heavy atom. The normalized spacial score (nSPS) is 15.3. The quantitative estimate of drug-likeness (QED) is 0.575. The summed E-state index contributed by atoms with van der Waals surface area (Å²) < 4.78 is 21.8. The molecule has 1 aromatic rings. The van der Waals surface area contributed by atoms with Gasteiger partial charge in [-0.2, -0.15) is 0 Å². The van der Waals surface area contributed by atoms with Crippen molar-refractivity contribution in [1.82, 2.24) is 0 Å². The van der Waals surface area contributed by atoms with E-state index in [1.165, 1.54) is 20.3 Å². The van der Waals surface area contributed by atoms with Gasteiger partial charge in [0.15, 0.2) is 5.78 Å².